The number of hydrogen-bond donors (Lipinski definition) is 0. The second kappa shape index (κ2) is 8.86. The molecule has 166 valence electrons. The van der Waals surface area contributed by atoms with Gasteiger partial charge in [-0.3, -0.25) is 19.0 Å². The predicted molar refractivity (Wildman–Crippen MR) is 117 cm³/mol. The SMILES string of the molecule is CC(C)Cn1c(=O)c(C(=O)N2CCN(C(=O)c3ccc(F)cc3)CC2)nc2cccnc21. The molecule has 0 aliphatic carbocycles. The summed E-state index contributed by atoms with van der Waals surface area (Å²) in [4.78, 5) is 50.7. The zero-order valence-electron chi connectivity index (χ0n) is 18.0. The summed E-state index contributed by atoms with van der Waals surface area (Å²) in [6.07, 6.45) is 1.60. The zero-order valence-corrected chi connectivity index (χ0v) is 18.0. The molecule has 1 fully saturated rings. The molecule has 0 atom stereocenters. The van der Waals surface area contributed by atoms with E-state index >= 15 is 0 Å². The maximum absolute atomic E-state index is 13.2. The van der Waals surface area contributed by atoms with Gasteiger partial charge in [-0.15, -0.1) is 0 Å². The van der Waals surface area contributed by atoms with E-state index in [1.807, 2.05) is 13.8 Å². The number of nitrogens with zero attached hydrogens (tertiary/aromatic N) is 5. The van der Waals surface area contributed by atoms with Gasteiger partial charge in [-0.05, 0) is 42.3 Å². The van der Waals surface area contributed by atoms with Crippen LogP contribution in [-0.4, -0.2) is 62.3 Å². The van der Waals surface area contributed by atoms with Crippen molar-refractivity contribution in [1.29, 1.82) is 0 Å². The van der Waals surface area contributed by atoms with Crippen LogP contribution in [0.4, 0.5) is 4.39 Å². The number of halogens is 1. The molecule has 0 N–H and O–H groups in total. The van der Waals surface area contributed by atoms with Crippen LogP contribution in [0.15, 0.2) is 47.4 Å². The highest BCUT2D eigenvalue weighted by Gasteiger charge is 2.28. The smallest absolute Gasteiger partial charge is 0.283 e. The summed E-state index contributed by atoms with van der Waals surface area (Å²) in [7, 11) is 0. The van der Waals surface area contributed by atoms with Gasteiger partial charge in [0.2, 0.25) is 0 Å². The molecule has 8 nitrogen and oxygen atoms in total. The second-order valence-electron chi connectivity index (χ2n) is 8.21. The lowest BCUT2D eigenvalue weighted by atomic mass is 10.1. The third-order valence-electron chi connectivity index (χ3n) is 5.40. The van der Waals surface area contributed by atoms with Crippen molar-refractivity contribution in [3.05, 3.63) is 70.0 Å². The van der Waals surface area contributed by atoms with E-state index in [-0.39, 0.29) is 30.6 Å². The largest absolute Gasteiger partial charge is 0.335 e. The maximum atomic E-state index is 13.2. The Bertz CT molecular complexity index is 1210. The summed E-state index contributed by atoms with van der Waals surface area (Å²) in [6, 6.07) is 8.83. The van der Waals surface area contributed by atoms with E-state index in [9.17, 15) is 18.8 Å². The van der Waals surface area contributed by atoms with E-state index in [2.05, 4.69) is 9.97 Å². The molecule has 9 heteroatoms. The van der Waals surface area contributed by atoms with E-state index in [1.165, 1.54) is 28.8 Å². The van der Waals surface area contributed by atoms with Gasteiger partial charge in [-0.2, -0.15) is 0 Å². The average molecular weight is 437 g/mol. The zero-order chi connectivity index (χ0) is 22.8. The summed E-state index contributed by atoms with van der Waals surface area (Å²) in [5, 5.41) is 0. The summed E-state index contributed by atoms with van der Waals surface area (Å²) >= 11 is 0. The van der Waals surface area contributed by atoms with Crippen molar-refractivity contribution in [2.75, 3.05) is 26.2 Å². The minimum absolute atomic E-state index is 0.135. The van der Waals surface area contributed by atoms with E-state index < -0.39 is 17.3 Å². The molecule has 3 heterocycles. The number of benzene rings is 1. The molecular formula is C23H24FN5O3. The summed E-state index contributed by atoms with van der Waals surface area (Å²) in [6.45, 7) is 5.59. The number of piperazine rings is 1. The fourth-order valence-electron chi connectivity index (χ4n) is 3.79. The summed E-state index contributed by atoms with van der Waals surface area (Å²) < 4.78 is 14.6. The number of hydrogen-bond acceptors (Lipinski definition) is 5. The van der Waals surface area contributed by atoms with Gasteiger partial charge in [-0.25, -0.2) is 14.4 Å². The van der Waals surface area contributed by atoms with Gasteiger partial charge in [-0.1, -0.05) is 13.8 Å². The molecule has 1 aromatic carbocycles. The lowest BCUT2D eigenvalue weighted by molar-refractivity contribution is 0.0531. The molecule has 3 aromatic rings. The lowest BCUT2D eigenvalue weighted by Crippen LogP contribution is -2.51. The highest BCUT2D eigenvalue weighted by Crippen LogP contribution is 2.13. The van der Waals surface area contributed by atoms with Crippen molar-refractivity contribution in [3.63, 3.8) is 0 Å². The minimum Gasteiger partial charge on any atom is -0.335 e. The normalized spacial score (nSPS) is 14.2. The third-order valence-corrected chi connectivity index (χ3v) is 5.40. The van der Waals surface area contributed by atoms with Gasteiger partial charge in [0.25, 0.3) is 17.4 Å². The highest BCUT2D eigenvalue weighted by molar-refractivity contribution is 5.95. The van der Waals surface area contributed by atoms with Gasteiger partial charge >= 0.3 is 0 Å². The molecule has 1 saturated heterocycles. The van der Waals surface area contributed by atoms with Crippen molar-refractivity contribution >= 4 is 23.0 Å². The van der Waals surface area contributed by atoms with Crippen molar-refractivity contribution in [2.24, 2.45) is 5.92 Å². The number of carbonyl (C=O) groups is 2. The molecular weight excluding hydrogens is 413 g/mol. The first-order valence-electron chi connectivity index (χ1n) is 10.5. The van der Waals surface area contributed by atoms with Crippen molar-refractivity contribution < 1.29 is 14.0 Å². The Balaban J connectivity index is 1.54. The molecule has 2 amide bonds. The summed E-state index contributed by atoms with van der Waals surface area (Å²) in [5.41, 5.74) is 0.745. The first-order chi connectivity index (χ1) is 15.3. The van der Waals surface area contributed by atoms with Crippen LogP contribution in [0.2, 0.25) is 0 Å². The number of carbonyl (C=O) groups excluding carboxylic acids is 2. The second-order valence-corrected chi connectivity index (χ2v) is 8.21. The predicted octanol–water partition coefficient (Wildman–Crippen LogP) is 2.18. The van der Waals surface area contributed by atoms with Crippen LogP contribution in [0.3, 0.4) is 0 Å². The van der Waals surface area contributed by atoms with Crippen LogP contribution >= 0.6 is 0 Å². The van der Waals surface area contributed by atoms with Crippen LogP contribution in [-0.2, 0) is 6.54 Å². The number of aromatic nitrogens is 3. The van der Waals surface area contributed by atoms with Crippen LogP contribution in [0, 0.1) is 11.7 Å². The Labute approximate surface area is 184 Å². The van der Waals surface area contributed by atoms with Gasteiger partial charge in [0.15, 0.2) is 11.3 Å². The lowest BCUT2D eigenvalue weighted by Gasteiger charge is -2.34. The number of amides is 2. The number of fused-ring (bicyclic) bond motifs is 1. The van der Waals surface area contributed by atoms with Crippen molar-refractivity contribution in [2.45, 2.75) is 20.4 Å². The first kappa shape index (κ1) is 21.6. The molecule has 0 unspecified atom stereocenters. The quantitative estimate of drug-likeness (QED) is 0.624. The molecule has 0 radical (unpaired) electrons. The van der Waals surface area contributed by atoms with Crippen molar-refractivity contribution in [1.82, 2.24) is 24.3 Å². The number of pyridine rings is 1. The molecule has 2 aromatic heterocycles. The Morgan fingerprint density at radius 2 is 1.62 bits per heavy atom. The Hall–Kier alpha value is -3.62. The molecule has 1 aliphatic rings. The fourth-order valence-corrected chi connectivity index (χ4v) is 3.79. The molecule has 0 spiro atoms. The molecule has 0 bridgehead atoms. The first-order valence-corrected chi connectivity index (χ1v) is 10.5. The van der Waals surface area contributed by atoms with E-state index in [0.29, 0.717) is 36.4 Å². The molecule has 0 saturated carbocycles. The van der Waals surface area contributed by atoms with Crippen LogP contribution < -0.4 is 5.56 Å². The highest BCUT2D eigenvalue weighted by atomic mass is 19.1. The van der Waals surface area contributed by atoms with Crippen molar-refractivity contribution in [3.8, 4) is 0 Å². The van der Waals surface area contributed by atoms with E-state index in [1.54, 1.807) is 28.1 Å². The topological polar surface area (TPSA) is 88.4 Å². The molecule has 32 heavy (non-hydrogen) atoms. The third kappa shape index (κ3) is 4.23. The molecule has 1 aliphatic heterocycles. The minimum atomic E-state index is -0.459. The van der Waals surface area contributed by atoms with Gasteiger partial charge in [0, 0.05) is 44.5 Å². The van der Waals surface area contributed by atoms with Crippen LogP contribution in [0.5, 0.6) is 0 Å². The van der Waals surface area contributed by atoms with E-state index in [0.717, 1.165) is 0 Å². The van der Waals surface area contributed by atoms with Crippen LogP contribution in [0.1, 0.15) is 34.7 Å². The van der Waals surface area contributed by atoms with Gasteiger partial charge in [0.1, 0.15) is 11.3 Å². The fraction of sp³-hybridized carbons (Fsp3) is 0.348. The maximum Gasteiger partial charge on any atom is 0.283 e. The van der Waals surface area contributed by atoms with Crippen LogP contribution in [0.25, 0.3) is 11.2 Å². The summed E-state index contributed by atoms with van der Waals surface area (Å²) in [5.74, 6) is -0.888. The standard InChI is InChI=1S/C23H24FN5O3/c1-15(2)14-29-20-18(4-3-9-25-20)26-19(23(29)32)22(31)28-12-10-27(11-13-28)21(30)16-5-7-17(24)8-6-16/h3-9,15H,10-14H2,1-2H3. The Morgan fingerprint density at radius 3 is 2.25 bits per heavy atom. The monoisotopic (exact) mass is 437 g/mol. The van der Waals surface area contributed by atoms with E-state index in [4.69, 9.17) is 0 Å². The Morgan fingerprint density at radius 1 is 1.00 bits per heavy atom. The number of rotatable bonds is 4. The molecule has 4 rings (SSSR count). The van der Waals surface area contributed by atoms with Gasteiger partial charge in [0.05, 0.1) is 0 Å². The van der Waals surface area contributed by atoms with Gasteiger partial charge < -0.3 is 9.80 Å². The average Bonchev–Trinajstić information content (AvgIpc) is 2.80. The Kier molecular flexibility index (Phi) is 5.98.